The number of anilines is 1. The van der Waals surface area contributed by atoms with Crippen molar-refractivity contribution in [3.05, 3.63) is 82.9 Å². The second-order valence-corrected chi connectivity index (χ2v) is 9.72. The fourth-order valence-corrected chi connectivity index (χ4v) is 5.61. The highest BCUT2D eigenvalue weighted by Crippen LogP contribution is 2.46. The van der Waals surface area contributed by atoms with Crippen molar-refractivity contribution in [3.8, 4) is 17.2 Å². The van der Waals surface area contributed by atoms with E-state index in [2.05, 4.69) is 4.98 Å². The fraction of sp³-hybridized carbons (Fsp3) is 0.207. The number of nitrogens with zero attached hydrogens (tertiary/aromatic N) is 2. The van der Waals surface area contributed by atoms with Crippen LogP contribution in [0.3, 0.4) is 0 Å². The first kappa shape index (κ1) is 25.3. The van der Waals surface area contributed by atoms with Gasteiger partial charge in [-0.25, -0.2) is 4.98 Å². The van der Waals surface area contributed by atoms with Gasteiger partial charge in [-0.15, -0.1) is 0 Å². The molecule has 1 saturated heterocycles. The molecule has 1 atom stereocenters. The number of rotatable bonds is 7. The molecule has 4 aromatic rings. The molecule has 1 amide bonds. The minimum atomic E-state index is -0.942. The number of ketones is 1. The van der Waals surface area contributed by atoms with Gasteiger partial charge in [-0.05, 0) is 73.5 Å². The smallest absolute Gasteiger partial charge is 0.301 e. The molecular formula is C29H26N2O6S. The van der Waals surface area contributed by atoms with Crippen LogP contribution in [-0.4, -0.2) is 42.6 Å². The van der Waals surface area contributed by atoms with Crippen LogP contribution in [0, 0.1) is 6.92 Å². The lowest BCUT2D eigenvalue weighted by Crippen LogP contribution is -2.29. The van der Waals surface area contributed by atoms with Crippen LogP contribution in [0.2, 0.25) is 0 Å². The van der Waals surface area contributed by atoms with Crippen LogP contribution < -0.4 is 19.1 Å². The van der Waals surface area contributed by atoms with Gasteiger partial charge in [-0.1, -0.05) is 23.5 Å². The highest BCUT2D eigenvalue weighted by Gasteiger charge is 2.48. The van der Waals surface area contributed by atoms with Crippen LogP contribution in [-0.2, 0) is 9.59 Å². The predicted molar refractivity (Wildman–Crippen MR) is 146 cm³/mol. The van der Waals surface area contributed by atoms with E-state index in [0.29, 0.717) is 40.1 Å². The van der Waals surface area contributed by atoms with Gasteiger partial charge >= 0.3 is 5.91 Å². The predicted octanol–water partition coefficient (Wildman–Crippen LogP) is 5.65. The lowest BCUT2D eigenvalue weighted by molar-refractivity contribution is -0.132. The van der Waals surface area contributed by atoms with E-state index in [4.69, 9.17) is 14.2 Å². The Morgan fingerprint density at radius 2 is 1.74 bits per heavy atom. The van der Waals surface area contributed by atoms with Crippen molar-refractivity contribution < 1.29 is 28.9 Å². The molecule has 1 fully saturated rings. The maximum absolute atomic E-state index is 13.5. The number of amides is 1. The summed E-state index contributed by atoms with van der Waals surface area (Å²) in [5.41, 5.74) is 2.68. The highest BCUT2D eigenvalue weighted by atomic mass is 32.1. The van der Waals surface area contributed by atoms with E-state index in [1.165, 1.54) is 30.5 Å². The number of thiazole rings is 1. The summed E-state index contributed by atoms with van der Waals surface area (Å²) in [5.74, 6) is -0.303. The number of aromatic nitrogens is 1. The van der Waals surface area contributed by atoms with Crippen molar-refractivity contribution in [3.63, 3.8) is 0 Å². The summed E-state index contributed by atoms with van der Waals surface area (Å²) < 4.78 is 17.3. The van der Waals surface area contributed by atoms with E-state index >= 15 is 0 Å². The number of methoxy groups -OCH3 is 2. The number of benzene rings is 3. The molecule has 1 aliphatic rings. The molecule has 8 nitrogen and oxygen atoms in total. The number of hydrogen-bond acceptors (Lipinski definition) is 8. The van der Waals surface area contributed by atoms with Crippen LogP contribution in [0.15, 0.2) is 66.2 Å². The van der Waals surface area contributed by atoms with Gasteiger partial charge in [0, 0.05) is 5.56 Å². The first-order chi connectivity index (χ1) is 18.4. The Kier molecular flexibility index (Phi) is 6.77. The van der Waals surface area contributed by atoms with Crippen molar-refractivity contribution >= 4 is 44.1 Å². The number of aliphatic hydroxyl groups excluding tert-OH is 1. The molecule has 0 radical (unpaired) electrons. The van der Waals surface area contributed by atoms with Gasteiger partial charge in [0.25, 0.3) is 5.78 Å². The molecule has 0 saturated carbocycles. The van der Waals surface area contributed by atoms with Crippen molar-refractivity contribution in [1.29, 1.82) is 0 Å². The number of aliphatic hydroxyl groups is 1. The summed E-state index contributed by atoms with van der Waals surface area (Å²) in [6, 6.07) is 16.7. The van der Waals surface area contributed by atoms with E-state index in [1.807, 2.05) is 32.0 Å². The minimum Gasteiger partial charge on any atom is -0.507 e. The van der Waals surface area contributed by atoms with Gasteiger partial charge in [0.15, 0.2) is 16.6 Å². The molecule has 1 aliphatic heterocycles. The molecule has 0 spiro atoms. The average molecular weight is 531 g/mol. The Morgan fingerprint density at radius 3 is 2.42 bits per heavy atom. The van der Waals surface area contributed by atoms with Crippen molar-refractivity contribution in [2.24, 2.45) is 0 Å². The number of ether oxygens (including phenoxy) is 3. The van der Waals surface area contributed by atoms with Crippen LogP contribution in [0.5, 0.6) is 17.2 Å². The molecule has 0 aliphatic carbocycles. The maximum atomic E-state index is 13.5. The lowest BCUT2D eigenvalue weighted by Gasteiger charge is -2.23. The number of Topliss-reactive ketones (excluding diaryl/α,β-unsaturated/α-hetero) is 1. The topological polar surface area (TPSA) is 98.2 Å². The van der Waals surface area contributed by atoms with Gasteiger partial charge in [-0.2, -0.15) is 0 Å². The molecule has 5 rings (SSSR count). The van der Waals surface area contributed by atoms with Gasteiger partial charge in [0.05, 0.1) is 42.7 Å². The molecule has 3 aromatic carbocycles. The molecule has 2 heterocycles. The maximum Gasteiger partial charge on any atom is 0.301 e. The van der Waals surface area contributed by atoms with E-state index in [1.54, 1.807) is 42.5 Å². The second kappa shape index (κ2) is 10.2. The minimum absolute atomic E-state index is 0.0400. The summed E-state index contributed by atoms with van der Waals surface area (Å²) in [4.78, 5) is 33.0. The van der Waals surface area contributed by atoms with Gasteiger partial charge in [-0.3, -0.25) is 14.5 Å². The van der Waals surface area contributed by atoms with Crippen LogP contribution in [0.1, 0.15) is 29.7 Å². The standard InChI is InChI=1S/C29H26N2O6S/c1-5-37-19-10-7-17(8-11-19)26(32)24-25(18-9-13-21(35-3)22(15-18)36-4)31(28(34)27(24)33)29-30-20-12-6-16(2)14-23(20)38-29/h6-15,25,32H,5H2,1-4H3/b26-24+/t25-/m1/s1. The van der Waals surface area contributed by atoms with Gasteiger partial charge in [0.2, 0.25) is 0 Å². The Balaban J connectivity index is 1.71. The molecular weight excluding hydrogens is 504 g/mol. The van der Waals surface area contributed by atoms with Crippen LogP contribution in [0.4, 0.5) is 5.13 Å². The Labute approximate surface area is 223 Å². The van der Waals surface area contributed by atoms with E-state index in [-0.39, 0.29) is 11.3 Å². The van der Waals surface area contributed by atoms with E-state index in [0.717, 1.165) is 15.8 Å². The second-order valence-electron chi connectivity index (χ2n) is 8.71. The summed E-state index contributed by atoms with van der Waals surface area (Å²) >= 11 is 1.31. The average Bonchev–Trinajstić information content (AvgIpc) is 3.45. The lowest BCUT2D eigenvalue weighted by atomic mass is 9.95. The number of carbonyl (C=O) groups is 2. The summed E-state index contributed by atoms with van der Waals surface area (Å²) in [6.45, 7) is 4.35. The summed E-state index contributed by atoms with van der Waals surface area (Å²) in [7, 11) is 3.03. The number of fused-ring (bicyclic) bond motifs is 1. The van der Waals surface area contributed by atoms with Crippen molar-refractivity contribution in [2.75, 3.05) is 25.7 Å². The molecule has 1 aromatic heterocycles. The number of aryl methyl sites for hydroxylation is 1. The van der Waals surface area contributed by atoms with E-state index in [9.17, 15) is 14.7 Å². The summed E-state index contributed by atoms with van der Waals surface area (Å²) in [5, 5.41) is 11.8. The fourth-order valence-electron chi connectivity index (χ4n) is 4.52. The molecule has 9 heteroatoms. The zero-order valence-corrected chi connectivity index (χ0v) is 22.2. The number of hydrogen-bond donors (Lipinski definition) is 1. The van der Waals surface area contributed by atoms with E-state index < -0.39 is 17.7 Å². The van der Waals surface area contributed by atoms with Crippen molar-refractivity contribution in [1.82, 2.24) is 4.98 Å². The molecule has 1 N–H and O–H groups in total. The Morgan fingerprint density at radius 1 is 1.00 bits per heavy atom. The highest BCUT2D eigenvalue weighted by molar-refractivity contribution is 7.22. The third-order valence-electron chi connectivity index (χ3n) is 6.35. The Bertz CT molecular complexity index is 1570. The summed E-state index contributed by atoms with van der Waals surface area (Å²) in [6.07, 6.45) is 0. The quantitative estimate of drug-likeness (QED) is 0.187. The molecule has 0 bridgehead atoms. The van der Waals surface area contributed by atoms with Gasteiger partial charge < -0.3 is 19.3 Å². The first-order valence-corrected chi connectivity index (χ1v) is 12.8. The molecule has 38 heavy (non-hydrogen) atoms. The third-order valence-corrected chi connectivity index (χ3v) is 7.36. The van der Waals surface area contributed by atoms with Crippen molar-refractivity contribution in [2.45, 2.75) is 19.9 Å². The third kappa shape index (κ3) is 4.35. The number of carbonyl (C=O) groups excluding carboxylic acids is 2. The first-order valence-electron chi connectivity index (χ1n) is 12.0. The normalized spacial score (nSPS) is 16.7. The van der Waals surface area contributed by atoms with Crippen LogP contribution in [0.25, 0.3) is 16.0 Å². The molecule has 194 valence electrons. The zero-order chi connectivity index (χ0) is 27.0. The SMILES string of the molecule is CCOc1ccc(/C(O)=C2\C(=O)C(=O)N(c3nc4ccc(C)cc4s3)[C@@H]2c2ccc(OC)c(OC)c2)cc1. The largest absolute Gasteiger partial charge is 0.507 e. The van der Waals surface area contributed by atoms with Gasteiger partial charge in [0.1, 0.15) is 11.5 Å². The van der Waals surface area contributed by atoms with Crippen LogP contribution >= 0.6 is 11.3 Å². The Hall–Kier alpha value is -4.37. The monoisotopic (exact) mass is 530 g/mol. The zero-order valence-electron chi connectivity index (χ0n) is 21.3. The molecule has 0 unspecified atom stereocenters.